The molecule has 4 fully saturated rings. The summed E-state index contributed by atoms with van der Waals surface area (Å²) in [5.74, 6) is 8.16. The highest BCUT2D eigenvalue weighted by molar-refractivity contribution is 4.67. The fourth-order valence-corrected chi connectivity index (χ4v) is 5.71. The van der Waals surface area contributed by atoms with Crippen molar-refractivity contribution < 1.29 is 0 Å². The second kappa shape index (κ2) is 35.2. The minimum atomic E-state index is 0. The molecule has 4 aliphatic carbocycles. The summed E-state index contributed by atoms with van der Waals surface area (Å²) in [6.07, 6.45) is 23.6. The molecular weight excluding hydrogens is 480 g/mol. The van der Waals surface area contributed by atoms with Crippen molar-refractivity contribution in [2.75, 3.05) is 0 Å². The van der Waals surface area contributed by atoms with Gasteiger partial charge in [-0.3, -0.25) is 0 Å². The number of rotatable bonds is 0. The molecule has 256 valence electrons. The highest BCUT2D eigenvalue weighted by Crippen LogP contribution is 2.29. The highest BCUT2D eigenvalue weighted by atomic mass is 14.2. The first-order valence-corrected chi connectivity index (χ1v) is 15.2. The molecule has 0 heterocycles. The Labute approximate surface area is 264 Å². The molecule has 0 spiro atoms. The van der Waals surface area contributed by atoms with Crippen LogP contribution in [0.25, 0.3) is 0 Å². The average molecular weight is 577 g/mol. The highest BCUT2D eigenvalue weighted by Gasteiger charge is 2.15. The number of hydrogen-bond donors (Lipinski definition) is 0. The van der Waals surface area contributed by atoms with Crippen molar-refractivity contribution in [2.24, 2.45) is 47.3 Å². The van der Waals surface area contributed by atoms with Crippen LogP contribution in [0, 0.1) is 47.3 Å². The standard InChI is InChI=1S/4C8H16.8CH4/c4*1-7-3-5-8(2)6-4-7;;;;;;;;/h4*7-8H,3-6H2,1-2H3;8*1H4. The van der Waals surface area contributed by atoms with Gasteiger partial charge < -0.3 is 0 Å². The van der Waals surface area contributed by atoms with Crippen LogP contribution < -0.4 is 0 Å². The van der Waals surface area contributed by atoms with Gasteiger partial charge in [0.1, 0.15) is 0 Å². The Bertz CT molecular complexity index is 274. The van der Waals surface area contributed by atoms with Crippen molar-refractivity contribution >= 4 is 0 Å². The van der Waals surface area contributed by atoms with Gasteiger partial charge in [-0.15, -0.1) is 0 Å². The van der Waals surface area contributed by atoms with E-state index < -0.39 is 0 Å². The van der Waals surface area contributed by atoms with Crippen LogP contribution in [0.1, 0.15) is 218 Å². The van der Waals surface area contributed by atoms with Crippen LogP contribution in [-0.2, 0) is 0 Å². The molecule has 0 aromatic heterocycles. The van der Waals surface area contributed by atoms with Crippen molar-refractivity contribution in [3.8, 4) is 0 Å². The smallest absolute Gasteiger partial charge is 0.0443 e. The zero-order valence-corrected chi connectivity index (χ0v) is 23.9. The van der Waals surface area contributed by atoms with Crippen molar-refractivity contribution in [1.29, 1.82) is 0 Å². The van der Waals surface area contributed by atoms with Crippen LogP contribution >= 0.6 is 0 Å². The summed E-state index contributed by atoms with van der Waals surface area (Å²) in [5, 5.41) is 0. The van der Waals surface area contributed by atoms with Gasteiger partial charge in [-0.25, -0.2) is 0 Å². The maximum absolute atomic E-state index is 2.37. The molecule has 0 heteroatoms. The van der Waals surface area contributed by atoms with E-state index >= 15 is 0 Å². The summed E-state index contributed by atoms with van der Waals surface area (Å²) in [6, 6.07) is 0. The lowest BCUT2D eigenvalue weighted by molar-refractivity contribution is 0.308. The second-order valence-corrected chi connectivity index (χ2v) is 13.5. The van der Waals surface area contributed by atoms with Gasteiger partial charge in [0, 0.05) is 0 Å². The molecule has 0 amide bonds. The summed E-state index contributed by atoms with van der Waals surface area (Å²) in [7, 11) is 0. The van der Waals surface area contributed by atoms with Crippen molar-refractivity contribution in [3.63, 3.8) is 0 Å². The van der Waals surface area contributed by atoms with E-state index in [0.29, 0.717) is 0 Å². The third-order valence-electron chi connectivity index (χ3n) is 9.22. The van der Waals surface area contributed by atoms with E-state index in [1.165, 1.54) is 103 Å². The maximum atomic E-state index is 2.37. The maximum Gasteiger partial charge on any atom is -0.0443 e. The van der Waals surface area contributed by atoms with Gasteiger partial charge in [0.15, 0.2) is 0 Å². The van der Waals surface area contributed by atoms with Gasteiger partial charge in [0.05, 0.1) is 0 Å². The van der Waals surface area contributed by atoms with Crippen LogP contribution in [0.3, 0.4) is 0 Å². The van der Waals surface area contributed by atoms with Crippen molar-refractivity contribution in [2.45, 2.75) is 218 Å². The molecule has 4 saturated carbocycles. The quantitative estimate of drug-likeness (QED) is 0.269. The molecule has 0 aromatic rings. The molecule has 0 saturated heterocycles. The zero-order valence-electron chi connectivity index (χ0n) is 23.9. The lowest BCUT2D eigenvalue weighted by atomic mass is 9.84. The van der Waals surface area contributed by atoms with E-state index in [9.17, 15) is 0 Å². The molecule has 0 bridgehead atoms. The topological polar surface area (TPSA) is 0 Å². The predicted octanol–water partition coefficient (Wildman–Crippen LogP) is 16.4. The fraction of sp³-hybridized carbons (Fsp3) is 1.00. The SMILES string of the molecule is C.C.C.C.C.C.C.C.CC1CCC(C)CC1.CC1CCC(C)CC1.CC1CCC(C)CC1.CC1CCC(C)CC1. The van der Waals surface area contributed by atoms with Crippen LogP contribution in [-0.4, -0.2) is 0 Å². The van der Waals surface area contributed by atoms with Crippen LogP contribution in [0.5, 0.6) is 0 Å². The van der Waals surface area contributed by atoms with E-state index in [1.54, 1.807) is 0 Å². The largest absolute Gasteiger partial charge is 0.0776 e. The molecule has 0 N–H and O–H groups in total. The monoisotopic (exact) mass is 577 g/mol. The summed E-state index contributed by atoms with van der Waals surface area (Å²) in [4.78, 5) is 0. The van der Waals surface area contributed by atoms with E-state index in [0.717, 1.165) is 47.3 Å². The Hall–Kier alpha value is 0. The summed E-state index contributed by atoms with van der Waals surface area (Å²) in [6.45, 7) is 18.9. The molecule has 0 aliphatic heterocycles. The van der Waals surface area contributed by atoms with Gasteiger partial charge in [0.25, 0.3) is 0 Å². The molecule has 4 rings (SSSR count). The predicted molar refractivity (Wildman–Crippen MR) is 201 cm³/mol. The first kappa shape index (κ1) is 59.4. The first-order chi connectivity index (χ1) is 15.2. The Kier molecular flexibility index (Phi) is 52.3. The Morgan fingerprint density at radius 1 is 0.175 bits per heavy atom. The Morgan fingerprint density at radius 2 is 0.225 bits per heavy atom. The lowest BCUT2D eigenvalue weighted by Crippen LogP contribution is -2.08. The van der Waals surface area contributed by atoms with E-state index in [1.807, 2.05) is 0 Å². The minimum absolute atomic E-state index is 0. The van der Waals surface area contributed by atoms with Crippen molar-refractivity contribution in [3.05, 3.63) is 0 Å². The molecule has 0 radical (unpaired) electrons. The van der Waals surface area contributed by atoms with E-state index in [2.05, 4.69) is 55.4 Å². The van der Waals surface area contributed by atoms with Crippen molar-refractivity contribution in [1.82, 2.24) is 0 Å². The van der Waals surface area contributed by atoms with Gasteiger partial charge in [-0.2, -0.15) is 0 Å². The van der Waals surface area contributed by atoms with Crippen LogP contribution in [0.15, 0.2) is 0 Å². The van der Waals surface area contributed by atoms with Gasteiger partial charge >= 0.3 is 0 Å². The van der Waals surface area contributed by atoms with Crippen LogP contribution in [0.2, 0.25) is 0 Å². The second-order valence-electron chi connectivity index (χ2n) is 13.5. The summed E-state index contributed by atoms with van der Waals surface area (Å²) in [5.41, 5.74) is 0. The summed E-state index contributed by atoms with van der Waals surface area (Å²) >= 11 is 0. The molecule has 0 nitrogen and oxygen atoms in total. The van der Waals surface area contributed by atoms with Gasteiger partial charge in [0.2, 0.25) is 0 Å². The Balaban J connectivity index is -0.0000000533. The normalized spacial score (nSPS) is 31.8. The molecule has 4 aliphatic rings. The van der Waals surface area contributed by atoms with E-state index in [-0.39, 0.29) is 59.4 Å². The molecule has 0 atom stereocenters. The molecule has 40 heavy (non-hydrogen) atoms. The summed E-state index contributed by atoms with van der Waals surface area (Å²) < 4.78 is 0. The van der Waals surface area contributed by atoms with Gasteiger partial charge in [-0.1, -0.05) is 218 Å². The molecular formula is C40H96. The Morgan fingerprint density at radius 3 is 0.275 bits per heavy atom. The zero-order chi connectivity index (χ0) is 23.9. The lowest BCUT2D eigenvalue weighted by Gasteiger charge is -2.22. The van der Waals surface area contributed by atoms with E-state index in [4.69, 9.17) is 0 Å². The van der Waals surface area contributed by atoms with Gasteiger partial charge in [-0.05, 0) is 47.3 Å². The first-order valence-electron chi connectivity index (χ1n) is 15.2. The third-order valence-corrected chi connectivity index (χ3v) is 9.22. The molecule has 0 unspecified atom stereocenters. The minimum Gasteiger partial charge on any atom is -0.0776 e. The third kappa shape index (κ3) is 32.5. The number of hydrogen-bond acceptors (Lipinski definition) is 0. The molecule has 0 aromatic carbocycles. The fourth-order valence-electron chi connectivity index (χ4n) is 5.71. The average Bonchev–Trinajstić information content (AvgIpc) is 2.78. The van der Waals surface area contributed by atoms with Crippen LogP contribution in [0.4, 0.5) is 0 Å².